The van der Waals surface area contributed by atoms with Crippen LogP contribution in [0.15, 0.2) is 60.4 Å². The van der Waals surface area contributed by atoms with Crippen molar-refractivity contribution in [2.75, 3.05) is 19.1 Å². The molecule has 7 nitrogen and oxygen atoms in total. The molecule has 2 aromatic carbocycles. The molecule has 0 spiro atoms. The lowest BCUT2D eigenvalue weighted by atomic mass is 9.95. The first-order valence-corrected chi connectivity index (χ1v) is 10.9. The molecule has 1 aliphatic rings. The zero-order chi connectivity index (χ0) is 24.6. The van der Waals surface area contributed by atoms with Gasteiger partial charge in [-0.2, -0.15) is 0 Å². The topological polar surface area (TPSA) is 89.0 Å². The molecule has 1 unspecified atom stereocenters. The molecule has 0 bridgehead atoms. The minimum atomic E-state index is -0.901. The number of rotatable bonds is 5. The number of anilines is 1. The van der Waals surface area contributed by atoms with Crippen LogP contribution in [0.3, 0.4) is 0 Å². The number of hydrogen-bond donors (Lipinski definition) is 1. The number of benzene rings is 2. The van der Waals surface area contributed by atoms with Gasteiger partial charge in [-0.3, -0.25) is 19.5 Å². The molecule has 1 amide bonds. The first-order valence-electron chi connectivity index (χ1n) is 10.5. The maximum absolute atomic E-state index is 13.4. The molecular formula is C26H23ClN2O5. The van der Waals surface area contributed by atoms with Crippen LogP contribution in [0.5, 0.6) is 11.5 Å². The number of aliphatic hydroxyl groups is 1. The molecule has 0 radical (unpaired) electrons. The van der Waals surface area contributed by atoms with E-state index in [1.807, 2.05) is 26.0 Å². The number of pyridine rings is 1. The van der Waals surface area contributed by atoms with Crippen molar-refractivity contribution in [3.05, 3.63) is 87.7 Å². The molecule has 1 saturated heterocycles. The molecule has 3 aromatic rings. The average Bonchev–Trinajstić information content (AvgIpc) is 3.09. The van der Waals surface area contributed by atoms with Gasteiger partial charge in [-0.05, 0) is 43.2 Å². The summed E-state index contributed by atoms with van der Waals surface area (Å²) in [5.74, 6) is -1.45. The fraction of sp³-hybridized carbons (Fsp3) is 0.192. The minimum Gasteiger partial charge on any atom is -0.507 e. The number of Topliss-reactive ketones (excluding diaryl/α,β-unsaturated/α-hetero) is 1. The number of hydrogen-bond acceptors (Lipinski definition) is 6. The van der Waals surface area contributed by atoms with Gasteiger partial charge in [0, 0.05) is 24.1 Å². The average molecular weight is 479 g/mol. The Morgan fingerprint density at radius 3 is 2.41 bits per heavy atom. The highest BCUT2D eigenvalue weighted by molar-refractivity contribution is 6.51. The Bertz CT molecular complexity index is 1320. The number of ketones is 1. The second kappa shape index (κ2) is 9.19. The van der Waals surface area contributed by atoms with Gasteiger partial charge in [0.25, 0.3) is 11.7 Å². The van der Waals surface area contributed by atoms with Gasteiger partial charge in [0.2, 0.25) is 0 Å². The van der Waals surface area contributed by atoms with Gasteiger partial charge in [-0.1, -0.05) is 35.4 Å². The number of nitrogens with zero attached hydrogens (tertiary/aromatic N) is 2. The van der Waals surface area contributed by atoms with E-state index in [9.17, 15) is 14.7 Å². The zero-order valence-corrected chi connectivity index (χ0v) is 19.9. The zero-order valence-electron chi connectivity index (χ0n) is 19.1. The third-order valence-corrected chi connectivity index (χ3v) is 6.08. The van der Waals surface area contributed by atoms with Gasteiger partial charge in [0.05, 0.1) is 36.4 Å². The summed E-state index contributed by atoms with van der Waals surface area (Å²) < 4.78 is 10.7. The summed E-state index contributed by atoms with van der Waals surface area (Å²) in [6, 6.07) is 11.1. The van der Waals surface area contributed by atoms with Crippen molar-refractivity contribution < 1.29 is 24.2 Å². The monoisotopic (exact) mass is 478 g/mol. The third-order valence-electron chi connectivity index (χ3n) is 5.79. The number of ether oxygens (including phenoxy) is 2. The molecule has 1 N–H and O–H groups in total. The van der Waals surface area contributed by atoms with E-state index in [2.05, 4.69) is 4.98 Å². The van der Waals surface area contributed by atoms with E-state index in [4.69, 9.17) is 21.1 Å². The number of carbonyl (C=O) groups excluding carboxylic acids is 2. The standard InChI is InChI=1S/C26H23ClN2O5/c1-14-7-8-19(15(2)10-14)29-23(16-6-5-9-28-13-16)22(25(31)26(29)32)24(30)17-11-21(34-4)18(27)12-20(17)33-3/h5-13,23,30H,1-4H3/b24-22+. The fourth-order valence-corrected chi connectivity index (χ4v) is 4.43. The lowest BCUT2D eigenvalue weighted by Crippen LogP contribution is -2.30. The van der Waals surface area contributed by atoms with E-state index in [0.29, 0.717) is 11.3 Å². The van der Waals surface area contributed by atoms with Crippen LogP contribution in [0.25, 0.3) is 5.76 Å². The van der Waals surface area contributed by atoms with E-state index in [1.54, 1.807) is 30.6 Å². The summed E-state index contributed by atoms with van der Waals surface area (Å²) in [7, 11) is 2.86. The lowest BCUT2D eigenvalue weighted by molar-refractivity contribution is -0.132. The predicted molar refractivity (Wildman–Crippen MR) is 129 cm³/mol. The molecule has 0 aliphatic carbocycles. The summed E-state index contributed by atoms with van der Waals surface area (Å²) in [4.78, 5) is 32.3. The fourth-order valence-electron chi connectivity index (χ4n) is 4.20. The van der Waals surface area contributed by atoms with Gasteiger partial charge >= 0.3 is 0 Å². The van der Waals surface area contributed by atoms with Crippen molar-refractivity contribution in [3.8, 4) is 11.5 Å². The predicted octanol–water partition coefficient (Wildman–Crippen LogP) is 5.00. The molecule has 34 heavy (non-hydrogen) atoms. The molecule has 8 heteroatoms. The lowest BCUT2D eigenvalue weighted by Gasteiger charge is -2.27. The number of amides is 1. The number of aromatic nitrogens is 1. The Balaban J connectivity index is 2.01. The third kappa shape index (κ3) is 3.88. The van der Waals surface area contributed by atoms with Crippen molar-refractivity contribution in [3.63, 3.8) is 0 Å². The summed E-state index contributed by atoms with van der Waals surface area (Å²) >= 11 is 6.21. The second-order valence-electron chi connectivity index (χ2n) is 7.93. The Labute approximate surface area is 202 Å². The van der Waals surface area contributed by atoms with Crippen LogP contribution in [0.1, 0.15) is 28.3 Å². The van der Waals surface area contributed by atoms with Crippen LogP contribution in [0.4, 0.5) is 5.69 Å². The van der Waals surface area contributed by atoms with Crippen LogP contribution in [-0.2, 0) is 9.59 Å². The number of carbonyl (C=O) groups is 2. The quantitative estimate of drug-likeness (QED) is 0.315. The number of halogens is 1. The molecule has 2 heterocycles. The Kier molecular flexibility index (Phi) is 6.30. The van der Waals surface area contributed by atoms with Gasteiger partial charge in [0.1, 0.15) is 17.3 Å². The molecular weight excluding hydrogens is 456 g/mol. The Hall–Kier alpha value is -3.84. The van der Waals surface area contributed by atoms with Crippen molar-refractivity contribution in [2.45, 2.75) is 19.9 Å². The normalized spacial score (nSPS) is 17.2. The summed E-state index contributed by atoms with van der Waals surface area (Å²) in [5.41, 5.74) is 3.08. The molecule has 4 rings (SSSR count). The first-order chi connectivity index (χ1) is 16.3. The second-order valence-corrected chi connectivity index (χ2v) is 8.34. The van der Waals surface area contributed by atoms with Crippen molar-refractivity contribution in [1.29, 1.82) is 0 Å². The molecule has 174 valence electrons. The summed E-state index contributed by atoms with van der Waals surface area (Å²) in [5, 5.41) is 11.7. The summed E-state index contributed by atoms with van der Waals surface area (Å²) in [6.07, 6.45) is 3.17. The first kappa shape index (κ1) is 23.3. The maximum atomic E-state index is 13.4. The van der Waals surface area contributed by atoms with Gasteiger partial charge in [-0.15, -0.1) is 0 Å². The number of methoxy groups -OCH3 is 2. The van der Waals surface area contributed by atoms with Gasteiger partial charge in [-0.25, -0.2) is 0 Å². The molecule has 1 aromatic heterocycles. The Morgan fingerprint density at radius 2 is 1.79 bits per heavy atom. The van der Waals surface area contributed by atoms with Crippen LogP contribution in [-0.4, -0.2) is 36.0 Å². The molecule has 1 aliphatic heterocycles. The summed E-state index contributed by atoms with van der Waals surface area (Å²) in [6.45, 7) is 3.82. The van der Waals surface area contributed by atoms with Crippen LogP contribution in [0, 0.1) is 13.8 Å². The van der Waals surface area contributed by atoms with E-state index < -0.39 is 23.5 Å². The smallest absolute Gasteiger partial charge is 0.300 e. The van der Waals surface area contributed by atoms with E-state index in [1.165, 1.54) is 31.3 Å². The highest BCUT2D eigenvalue weighted by atomic mass is 35.5. The molecule has 1 fully saturated rings. The number of aryl methyl sites for hydroxylation is 2. The number of aliphatic hydroxyl groups excluding tert-OH is 1. The maximum Gasteiger partial charge on any atom is 0.300 e. The van der Waals surface area contributed by atoms with E-state index in [0.717, 1.165) is 11.1 Å². The largest absolute Gasteiger partial charge is 0.507 e. The van der Waals surface area contributed by atoms with Gasteiger partial charge < -0.3 is 14.6 Å². The van der Waals surface area contributed by atoms with Crippen LogP contribution >= 0.6 is 11.6 Å². The van der Waals surface area contributed by atoms with Crippen molar-refractivity contribution in [1.82, 2.24) is 4.98 Å². The highest BCUT2D eigenvalue weighted by Crippen LogP contribution is 2.45. The highest BCUT2D eigenvalue weighted by Gasteiger charge is 2.47. The molecule has 0 saturated carbocycles. The van der Waals surface area contributed by atoms with E-state index in [-0.39, 0.29) is 27.7 Å². The van der Waals surface area contributed by atoms with Crippen LogP contribution in [0.2, 0.25) is 5.02 Å². The van der Waals surface area contributed by atoms with Gasteiger partial charge in [0.15, 0.2) is 0 Å². The van der Waals surface area contributed by atoms with Crippen molar-refractivity contribution >= 4 is 34.7 Å². The van der Waals surface area contributed by atoms with E-state index >= 15 is 0 Å². The SMILES string of the molecule is COc1cc(/C(O)=C2\C(=O)C(=O)N(c3ccc(C)cc3C)C2c2cccnc2)c(OC)cc1Cl. The van der Waals surface area contributed by atoms with Crippen molar-refractivity contribution in [2.24, 2.45) is 0 Å². The minimum absolute atomic E-state index is 0.0827. The Morgan fingerprint density at radius 1 is 1.06 bits per heavy atom. The van der Waals surface area contributed by atoms with Crippen LogP contribution < -0.4 is 14.4 Å². The molecule has 1 atom stereocenters.